The minimum Gasteiger partial charge on any atom is -0.325 e. The molecule has 1 aliphatic heterocycles. The van der Waals surface area contributed by atoms with Crippen molar-refractivity contribution in [3.63, 3.8) is 0 Å². The Hall–Kier alpha value is -2.84. The Morgan fingerprint density at radius 2 is 1.96 bits per heavy atom. The topological polar surface area (TPSA) is 106 Å². The van der Waals surface area contributed by atoms with Gasteiger partial charge in [0.05, 0.1) is 28.0 Å². The second-order valence-corrected chi connectivity index (χ2v) is 7.70. The molecule has 1 aromatic rings. The first kappa shape index (κ1) is 19.5. The minimum absolute atomic E-state index is 0.259. The third-order valence-corrected chi connectivity index (χ3v) is 5.22. The maximum absolute atomic E-state index is 12.9. The zero-order valence-corrected chi connectivity index (χ0v) is 15.3. The molecule has 0 aliphatic carbocycles. The summed E-state index contributed by atoms with van der Waals surface area (Å²) in [7, 11) is 0. The summed E-state index contributed by atoms with van der Waals surface area (Å²) in [5.74, 6) is -2.25. The van der Waals surface area contributed by atoms with Crippen molar-refractivity contribution in [3.8, 4) is 12.1 Å². The van der Waals surface area contributed by atoms with Crippen molar-refractivity contribution >= 4 is 29.3 Å². The molecule has 2 rings (SSSR count). The van der Waals surface area contributed by atoms with Crippen molar-refractivity contribution in [2.75, 3.05) is 5.32 Å². The number of amides is 2. The highest BCUT2D eigenvalue weighted by Crippen LogP contribution is 2.42. The van der Waals surface area contributed by atoms with E-state index in [1.54, 1.807) is 20.8 Å². The van der Waals surface area contributed by atoms with Crippen molar-refractivity contribution in [1.29, 1.82) is 10.5 Å². The Morgan fingerprint density at radius 3 is 2.50 bits per heavy atom. The van der Waals surface area contributed by atoms with Gasteiger partial charge in [-0.25, -0.2) is 4.39 Å². The molecule has 0 aromatic heterocycles. The van der Waals surface area contributed by atoms with Crippen molar-refractivity contribution in [3.05, 3.63) is 40.7 Å². The van der Waals surface area contributed by atoms with Gasteiger partial charge in [-0.05, 0) is 31.2 Å². The van der Waals surface area contributed by atoms with Gasteiger partial charge in [-0.2, -0.15) is 10.5 Å². The quantitative estimate of drug-likeness (QED) is 0.845. The Kier molecular flexibility index (Phi) is 5.69. The van der Waals surface area contributed by atoms with Gasteiger partial charge in [0.25, 0.3) is 0 Å². The van der Waals surface area contributed by atoms with Crippen LogP contribution < -0.4 is 10.6 Å². The summed E-state index contributed by atoms with van der Waals surface area (Å²) < 4.78 is 12.9. The summed E-state index contributed by atoms with van der Waals surface area (Å²) >= 11 is 1.03. The average Bonchev–Trinajstić information content (AvgIpc) is 2.56. The number of anilines is 1. The van der Waals surface area contributed by atoms with E-state index in [-0.39, 0.29) is 16.5 Å². The number of allylic oxidation sites excluding steroid dienone is 1. The van der Waals surface area contributed by atoms with Crippen molar-refractivity contribution in [2.24, 2.45) is 11.3 Å². The van der Waals surface area contributed by atoms with E-state index in [0.717, 1.165) is 11.8 Å². The van der Waals surface area contributed by atoms with Gasteiger partial charge < -0.3 is 10.6 Å². The molecule has 0 radical (unpaired) electrons. The highest BCUT2D eigenvalue weighted by molar-refractivity contribution is 8.04. The highest BCUT2D eigenvalue weighted by Gasteiger charge is 2.45. The Labute approximate surface area is 155 Å². The van der Waals surface area contributed by atoms with Crippen LogP contribution in [0.4, 0.5) is 10.1 Å². The minimum atomic E-state index is -0.982. The van der Waals surface area contributed by atoms with Gasteiger partial charge in [0.2, 0.25) is 11.8 Å². The maximum atomic E-state index is 12.9. The van der Waals surface area contributed by atoms with E-state index in [0.29, 0.717) is 5.69 Å². The van der Waals surface area contributed by atoms with Gasteiger partial charge in [0, 0.05) is 11.1 Å². The molecule has 26 heavy (non-hydrogen) atoms. The molecule has 6 nitrogen and oxygen atoms in total. The molecule has 0 saturated heterocycles. The third kappa shape index (κ3) is 3.87. The third-order valence-electron chi connectivity index (χ3n) is 4.11. The molecule has 1 heterocycles. The zero-order valence-electron chi connectivity index (χ0n) is 14.5. The predicted octanol–water partition coefficient (Wildman–Crippen LogP) is 2.92. The summed E-state index contributed by atoms with van der Waals surface area (Å²) in [4.78, 5) is 24.5. The molecular weight excluding hydrogens is 355 g/mol. The number of halogens is 1. The van der Waals surface area contributed by atoms with Crippen LogP contribution in [0, 0.1) is 39.8 Å². The van der Waals surface area contributed by atoms with Crippen LogP contribution in [0.5, 0.6) is 0 Å². The number of nitrogens with one attached hydrogen (secondary N) is 2. The molecule has 2 amide bonds. The van der Waals surface area contributed by atoms with E-state index >= 15 is 0 Å². The first-order valence-corrected chi connectivity index (χ1v) is 8.67. The number of benzene rings is 1. The van der Waals surface area contributed by atoms with Crippen LogP contribution in [0.25, 0.3) is 0 Å². The molecule has 0 unspecified atom stereocenters. The molecule has 2 N–H and O–H groups in total. The molecule has 1 aliphatic rings. The smallest absolute Gasteiger partial charge is 0.243 e. The molecule has 0 saturated carbocycles. The van der Waals surface area contributed by atoms with Crippen molar-refractivity contribution in [1.82, 2.24) is 5.32 Å². The van der Waals surface area contributed by atoms with Crippen LogP contribution in [0.3, 0.4) is 0 Å². The summed E-state index contributed by atoms with van der Waals surface area (Å²) in [5, 5.41) is 23.6. The fourth-order valence-electron chi connectivity index (χ4n) is 2.52. The van der Waals surface area contributed by atoms with E-state index in [9.17, 15) is 24.5 Å². The van der Waals surface area contributed by atoms with Gasteiger partial charge in [0.1, 0.15) is 11.7 Å². The van der Waals surface area contributed by atoms with Gasteiger partial charge in [-0.1, -0.05) is 25.6 Å². The largest absolute Gasteiger partial charge is 0.325 e. The van der Waals surface area contributed by atoms with E-state index in [1.165, 1.54) is 24.3 Å². The average molecular weight is 372 g/mol. The SMILES string of the molecule is C[C@@H](SC1=C(C#N)C(C)(C)[C@@H](C#N)C(=O)N1)C(=O)Nc1ccc(F)cc1. The van der Waals surface area contributed by atoms with Crippen LogP contribution in [0.15, 0.2) is 34.9 Å². The van der Waals surface area contributed by atoms with Crippen LogP contribution in [0.2, 0.25) is 0 Å². The van der Waals surface area contributed by atoms with Crippen LogP contribution in [0.1, 0.15) is 20.8 Å². The number of nitrogens with zero attached hydrogens (tertiary/aromatic N) is 2. The van der Waals surface area contributed by atoms with Gasteiger partial charge in [-0.15, -0.1) is 0 Å². The molecular formula is C18H17FN4O2S. The van der Waals surface area contributed by atoms with Crippen LogP contribution in [-0.4, -0.2) is 17.1 Å². The lowest BCUT2D eigenvalue weighted by atomic mass is 9.72. The fourth-order valence-corrected chi connectivity index (χ4v) is 3.63. The lowest BCUT2D eigenvalue weighted by Gasteiger charge is -2.35. The Balaban J connectivity index is 2.20. The number of rotatable bonds is 4. The molecule has 0 bridgehead atoms. The van der Waals surface area contributed by atoms with Crippen LogP contribution >= 0.6 is 11.8 Å². The second-order valence-electron chi connectivity index (χ2n) is 6.35. The van der Waals surface area contributed by atoms with Gasteiger partial charge in [-0.3, -0.25) is 9.59 Å². The Bertz CT molecular complexity index is 849. The summed E-state index contributed by atoms with van der Waals surface area (Å²) in [5.41, 5.74) is -0.257. The van der Waals surface area contributed by atoms with E-state index < -0.39 is 28.3 Å². The number of thioether (sulfide) groups is 1. The number of hydrogen-bond donors (Lipinski definition) is 2. The molecule has 2 atom stereocenters. The second kappa shape index (κ2) is 7.59. The van der Waals surface area contributed by atoms with E-state index in [2.05, 4.69) is 10.6 Å². The van der Waals surface area contributed by atoms with E-state index in [4.69, 9.17) is 0 Å². The normalized spacial score (nSPS) is 19.8. The summed E-state index contributed by atoms with van der Waals surface area (Å²) in [6, 6.07) is 9.31. The summed E-state index contributed by atoms with van der Waals surface area (Å²) in [6.07, 6.45) is 0. The monoisotopic (exact) mass is 372 g/mol. The lowest BCUT2D eigenvalue weighted by Crippen LogP contribution is -2.45. The Morgan fingerprint density at radius 1 is 1.35 bits per heavy atom. The lowest BCUT2D eigenvalue weighted by molar-refractivity contribution is -0.125. The maximum Gasteiger partial charge on any atom is 0.243 e. The van der Waals surface area contributed by atoms with Gasteiger partial charge >= 0.3 is 0 Å². The molecule has 0 fully saturated rings. The molecule has 1 aromatic carbocycles. The molecule has 134 valence electrons. The van der Waals surface area contributed by atoms with Crippen LogP contribution in [-0.2, 0) is 9.59 Å². The number of carbonyl (C=O) groups excluding carboxylic acids is 2. The summed E-state index contributed by atoms with van der Waals surface area (Å²) in [6.45, 7) is 4.94. The first-order valence-electron chi connectivity index (χ1n) is 7.79. The predicted molar refractivity (Wildman–Crippen MR) is 95.7 cm³/mol. The highest BCUT2D eigenvalue weighted by atomic mass is 32.2. The van der Waals surface area contributed by atoms with Crippen molar-refractivity contribution < 1.29 is 14.0 Å². The number of hydrogen-bond acceptors (Lipinski definition) is 5. The zero-order chi connectivity index (χ0) is 19.5. The standard InChI is InChI=1S/C18H17FN4O2S/c1-10(15(24)22-12-6-4-11(19)5-7-12)26-17-14(9-21)18(2,3)13(8-20)16(25)23-17/h4-7,10,13H,1-3H3,(H,22,24)(H,23,25)/t10-,13+/m1/s1. The van der Waals surface area contributed by atoms with Gasteiger partial charge in [0.15, 0.2) is 0 Å². The van der Waals surface area contributed by atoms with Crippen molar-refractivity contribution in [2.45, 2.75) is 26.0 Å². The number of carbonyl (C=O) groups is 2. The number of nitriles is 2. The molecule has 8 heteroatoms. The van der Waals surface area contributed by atoms with E-state index in [1.807, 2.05) is 12.1 Å². The fraction of sp³-hybridized carbons (Fsp3) is 0.333. The first-order chi connectivity index (χ1) is 12.2. The molecule has 0 spiro atoms.